The molecule has 5 rings (SSSR count). The van der Waals surface area contributed by atoms with Crippen LogP contribution in [0.2, 0.25) is 0 Å². The number of rotatable bonds is 4. The minimum absolute atomic E-state index is 0.0132. The maximum Gasteiger partial charge on any atom is 0.157 e. The quantitative estimate of drug-likeness (QED) is 0.678. The molecule has 1 atom stereocenters. The normalized spacial score (nSPS) is 18.5. The highest BCUT2D eigenvalue weighted by molar-refractivity contribution is 5.94. The number of likely N-dealkylation sites (tertiary alicyclic amines) is 1. The van der Waals surface area contributed by atoms with Crippen LogP contribution in [-0.2, 0) is 0 Å². The second-order valence-electron chi connectivity index (χ2n) is 9.56. The van der Waals surface area contributed by atoms with Crippen LogP contribution in [0.1, 0.15) is 41.8 Å². The number of nitriles is 1. The van der Waals surface area contributed by atoms with Crippen LogP contribution in [-0.4, -0.2) is 53.3 Å². The van der Waals surface area contributed by atoms with Crippen LogP contribution in [0.4, 0.5) is 11.6 Å². The van der Waals surface area contributed by atoms with E-state index in [9.17, 15) is 5.26 Å². The third-order valence-electron chi connectivity index (χ3n) is 7.12. The van der Waals surface area contributed by atoms with Crippen molar-refractivity contribution >= 4 is 22.4 Å². The van der Waals surface area contributed by atoms with Crippen molar-refractivity contribution in [3.63, 3.8) is 0 Å². The van der Waals surface area contributed by atoms with E-state index in [0.717, 1.165) is 52.3 Å². The molecule has 1 N–H and O–H groups in total. The number of fused-ring (bicyclic) bond motifs is 1. The lowest BCUT2D eigenvalue weighted by Crippen LogP contribution is -2.55. The second kappa shape index (κ2) is 7.72. The number of nitrogens with zero attached hydrogens (tertiary/aromatic N) is 6. The molecule has 1 spiro atoms. The number of hydrogen-bond donors (Lipinski definition) is 1. The van der Waals surface area contributed by atoms with E-state index in [-0.39, 0.29) is 6.04 Å². The van der Waals surface area contributed by atoms with Crippen molar-refractivity contribution in [2.24, 2.45) is 5.41 Å². The van der Waals surface area contributed by atoms with Crippen LogP contribution in [0.3, 0.4) is 0 Å². The first-order valence-electron chi connectivity index (χ1n) is 11.2. The lowest BCUT2D eigenvalue weighted by atomic mass is 9.79. The first-order valence-corrected chi connectivity index (χ1v) is 11.2. The molecule has 3 aromatic rings. The van der Waals surface area contributed by atoms with Gasteiger partial charge in [-0.3, -0.25) is 0 Å². The van der Waals surface area contributed by atoms with Crippen LogP contribution in [0.5, 0.6) is 0 Å². The highest BCUT2D eigenvalue weighted by Gasteiger charge is 2.46. The summed E-state index contributed by atoms with van der Waals surface area (Å²) < 4.78 is 0. The van der Waals surface area contributed by atoms with Gasteiger partial charge >= 0.3 is 0 Å². The van der Waals surface area contributed by atoms with Gasteiger partial charge < -0.3 is 15.1 Å². The van der Waals surface area contributed by atoms with Gasteiger partial charge in [0.1, 0.15) is 5.82 Å². The molecule has 0 bridgehead atoms. The van der Waals surface area contributed by atoms with Crippen LogP contribution in [0.25, 0.3) is 10.8 Å². The van der Waals surface area contributed by atoms with Crippen molar-refractivity contribution in [2.75, 3.05) is 43.4 Å². The predicted molar refractivity (Wildman–Crippen MR) is 127 cm³/mol. The maximum absolute atomic E-state index is 9.39. The van der Waals surface area contributed by atoms with E-state index in [1.807, 2.05) is 32.2 Å². The molecule has 1 aromatic carbocycles. The third-order valence-corrected chi connectivity index (χ3v) is 7.12. The van der Waals surface area contributed by atoms with Gasteiger partial charge in [-0.2, -0.15) is 10.4 Å². The summed E-state index contributed by atoms with van der Waals surface area (Å²) in [6, 6.07) is 10.3. The Hall–Kier alpha value is -3.24. The summed E-state index contributed by atoms with van der Waals surface area (Å²) in [5.41, 5.74) is 4.08. The lowest BCUT2D eigenvalue weighted by Gasteiger charge is -2.46. The van der Waals surface area contributed by atoms with Gasteiger partial charge in [-0.15, -0.1) is 5.10 Å². The average molecular weight is 428 g/mol. The number of nitrogens with one attached hydrogen (secondary N) is 1. The molecule has 2 aliphatic heterocycles. The Kier molecular flexibility index (Phi) is 4.98. The molecule has 7 nitrogen and oxygen atoms in total. The number of hydrogen-bond acceptors (Lipinski definition) is 7. The molecule has 2 aliphatic rings. The largest absolute Gasteiger partial charge is 0.362 e. The standard InChI is InChI=1S/C25H29N7/c1-16-19(11-26)6-5-7-20(16)17(2)28-24-21-10-23(27-12-22(21)18(3)29-30-24)32-9-8-25(15-32)13-31(4)14-25/h5-7,10,12,17H,8-9,13-15H2,1-4H3,(H,28,30)/t17-/m1/s1. The van der Waals surface area contributed by atoms with Crippen molar-refractivity contribution in [1.82, 2.24) is 20.1 Å². The van der Waals surface area contributed by atoms with E-state index in [4.69, 9.17) is 4.98 Å². The third kappa shape index (κ3) is 3.45. The fourth-order valence-electron chi connectivity index (χ4n) is 5.46. The molecule has 0 aliphatic carbocycles. The summed E-state index contributed by atoms with van der Waals surface area (Å²) in [5.74, 6) is 1.76. The summed E-state index contributed by atoms with van der Waals surface area (Å²) in [7, 11) is 2.19. The highest BCUT2D eigenvalue weighted by Crippen LogP contribution is 2.40. The number of aryl methyl sites for hydroxylation is 1. The van der Waals surface area contributed by atoms with Gasteiger partial charge in [0, 0.05) is 48.6 Å². The molecule has 0 amide bonds. The van der Waals surface area contributed by atoms with E-state index in [1.165, 1.54) is 19.5 Å². The minimum atomic E-state index is -0.0132. The van der Waals surface area contributed by atoms with Gasteiger partial charge in [0.2, 0.25) is 0 Å². The Morgan fingerprint density at radius 3 is 2.72 bits per heavy atom. The van der Waals surface area contributed by atoms with E-state index in [0.29, 0.717) is 11.0 Å². The molecule has 7 heteroatoms. The van der Waals surface area contributed by atoms with Crippen molar-refractivity contribution in [3.05, 3.63) is 52.8 Å². The minimum Gasteiger partial charge on any atom is -0.362 e. The van der Waals surface area contributed by atoms with E-state index in [1.54, 1.807) is 0 Å². The molecular formula is C25H29N7. The first-order chi connectivity index (χ1) is 15.4. The van der Waals surface area contributed by atoms with Gasteiger partial charge in [-0.25, -0.2) is 4.98 Å². The van der Waals surface area contributed by atoms with Crippen molar-refractivity contribution in [2.45, 2.75) is 33.2 Å². The smallest absolute Gasteiger partial charge is 0.157 e. The summed E-state index contributed by atoms with van der Waals surface area (Å²) in [6.45, 7) is 10.5. The monoisotopic (exact) mass is 427 g/mol. The van der Waals surface area contributed by atoms with Gasteiger partial charge in [0.25, 0.3) is 0 Å². The SMILES string of the molecule is Cc1c(C#N)cccc1[C@@H](C)Nc1nnc(C)c2cnc(N3CCC4(CN(C)C4)C3)cc12. The Morgan fingerprint density at radius 2 is 1.97 bits per heavy atom. The summed E-state index contributed by atoms with van der Waals surface area (Å²) in [6.07, 6.45) is 3.16. The number of anilines is 2. The van der Waals surface area contributed by atoms with Crippen LogP contribution >= 0.6 is 0 Å². The molecule has 0 saturated carbocycles. The number of benzene rings is 1. The van der Waals surface area contributed by atoms with Gasteiger partial charge in [0.15, 0.2) is 5.82 Å². The summed E-state index contributed by atoms with van der Waals surface area (Å²) >= 11 is 0. The van der Waals surface area contributed by atoms with Crippen LogP contribution < -0.4 is 10.2 Å². The van der Waals surface area contributed by atoms with E-state index >= 15 is 0 Å². The molecule has 0 unspecified atom stereocenters. The molecule has 32 heavy (non-hydrogen) atoms. The molecule has 164 valence electrons. The topological polar surface area (TPSA) is 81.0 Å². The van der Waals surface area contributed by atoms with Crippen LogP contribution in [0, 0.1) is 30.6 Å². The zero-order valence-corrected chi connectivity index (χ0v) is 19.2. The first kappa shape index (κ1) is 20.7. The number of pyridine rings is 1. The molecule has 2 fully saturated rings. The average Bonchev–Trinajstić information content (AvgIpc) is 3.20. The summed E-state index contributed by atoms with van der Waals surface area (Å²) in [4.78, 5) is 9.59. The molecular weight excluding hydrogens is 398 g/mol. The highest BCUT2D eigenvalue weighted by atomic mass is 15.3. The zero-order valence-electron chi connectivity index (χ0n) is 19.2. The summed E-state index contributed by atoms with van der Waals surface area (Å²) in [5, 5.41) is 23.8. The molecule has 0 radical (unpaired) electrons. The Labute approximate surface area is 189 Å². The van der Waals surface area contributed by atoms with Crippen LogP contribution in [0.15, 0.2) is 30.5 Å². The Balaban J connectivity index is 1.47. The van der Waals surface area contributed by atoms with Crippen molar-refractivity contribution in [1.29, 1.82) is 5.26 Å². The maximum atomic E-state index is 9.39. The molecule has 4 heterocycles. The van der Waals surface area contributed by atoms with Gasteiger partial charge in [0.05, 0.1) is 23.4 Å². The fraction of sp³-hybridized carbons (Fsp3) is 0.440. The van der Waals surface area contributed by atoms with E-state index < -0.39 is 0 Å². The number of aromatic nitrogens is 3. The van der Waals surface area contributed by atoms with E-state index in [2.05, 4.69) is 57.5 Å². The van der Waals surface area contributed by atoms with Gasteiger partial charge in [-0.1, -0.05) is 12.1 Å². The predicted octanol–water partition coefficient (Wildman–Crippen LogP) is 3.83. The fourth-order valence-corrected chi connectivity index (χ4v) is 5.46. The van der Waals surface area contributed by atoms with Crippen molar-refractivity contribution in [3.8, 4) is 6.07 Å². The lowest BCUT2D eigenvalue weighted by molar-refractivity contribution is 0.0424. The van der Waals surface area contributed by atoms with Crippen molar-refractivity contribution < 1.29 is 0 Å². The second-order valence-corrected chi connectivity index (χ2v) is 9.56. The van der Waals surface area contributed by atoms with Gasteiger partial charge in [-0.05, 0) is 57.5 Å². The zero-order chi connectivity index (χ0) is 22.5. The molecule has 2 aromatic heterocycles. The Morgan fingerprint density at radius 1 is 1.16 bits per heavy atom. The molecule has 2 saturated heterocycles. The Bertz CT molecular complexity index is 1220.